The Morgan fingerprint density at radius 1 is 1.44 bits per heavy atom. The second-order valence-corrected chi connectivity index (χ2v) is 4.59. The molecule has 0 bridgehead atoms. The molecule has 90 valence electrons. The highest BCUT2D eigenvalue weighted by molar-refractivity contribution is 9.10. The average molecular weight is 309 g/mol. The Kier molecular flexibility index (Phi) is 6.00. The molecule has 0 saturated carbocycles. The van der Waals surface area contributed by atoms with Crippen molar-refractivity contribution in [3.05, 3.63) is 34.3 Å². The van der Waals surface area contributed by atoms with Gasteiger partial charge in [0.25, 0.3) is 0 Å². The Morgan fingerprint density at radius 3 is 2.38 bits per heavy atom. The van der Waals surface area contributed by atoms with E-state index >= 15 is 0 Å². The number of hydrogen-bond donors (Lipinski definition) is 1. The summed E-state index contributed by atoms with van der Waals surface area (Å²) in [6, 6.07) is 7.59. The summed E-state index contributed by atoms with van der Waals surface area (Å²) in [6.07, 6.45) is 0.172. The molecule has 0 saturated heterocycles. The predicted octanol–water partition coefficient (Wildman–Crippen LogP) is 2.61. The Hall–Kier alpha value is -0.580. The SMILES string of the molecule is COC(=O)CC(C)(N)c1ccc(Br)cc1.Cl. The summed E-state index contributed by atoms with van der Waals surface area (Å²) in [4.78, 5) is 11.2. The molecule has 0 aliphatic heterocycles. The van der Waals surface area contributed by atoms with Crippen LogP contribution in [0.25, 0.3) is 0 Å². The van der Waals surface area contributed by atoms with Crippen LogP contribution in [0.1, 0.15) is 18.9 Å². The summed E-state index contributed by atoms with van der Waals surface area (Å²) in [5.74, 6) is -0.303. The van der Waals surface area contributed by atoms with Crippen LogP contribution in [0, 0.1) is 0 Å². The zero-order valence-corrected chi connectivity index (χ0v) is 11.6. The molecule has 1 atom stereocenters. The van der Waals surface area contributed by atoms with Crippen molar-refractivity contribution in [2.24, 2.45) is 5.73 Å². The van der Waals surface area contributed by atoms with Crippen LogP contribution in [-0.2, 0) is 15.1 Å². The molecule has 0 spiro atoms. The summed E-state index contributed by atoms with van der Waals surface area (Å²) < 4.78 is 5.59. The highest BCUT2D eigenvalue weighted by Crippen LogP contribution is 2.23. The summed E-state index contributed by atoms with van der Waals surface area (Å²) in [5.41, 5.74) is 6.27. The molecule has 1 aromatic carbocycles. The van der Waals surface area contributed by atoms with Gasteiger partial charge in [-0.25, -0.2) is 0 Å². The van der Waals surface area contributed by atoms with Crippen molar-refractivity contribution in [3.63, 3.8) is 0 Å². The molecule has 5 heteroatoms. The second-order valence-electron chi connectivity index (χ2n) is 3.68. The zero-order valence-electron chi connectivity index (χ0n) is 9.20. The molecule has 0 amide bonds. The standard InChI is InChI=1S/C11H14BrNO2.ClH/c1-11(13,7-10(14)15-2)8-3-5-9(12)6-4-8;/h3-6H,7,13H2,1-2H3;1H. The summed E-state index contributed by atoms with van der Waals surface area (Å²) >= 11 is 3.34. The van der Waals surface area contributed by atoms with Crippen molar-refractivity contribution in [1.29, 1.82) is 0 Å². The smallest absolute Gasteiger partial charge is 0.307 e. The fourth-order valence-corrected chi connectivity index (χ4v) is 1.57. The first-order chi connectivity index (χ1) is 6.95. The van der Waals surface area contributed by atoms with Crippen LogP contribution in [0.5, 0.6) is 0 Å². The van der Waals surface area contributed by atoms with Gasteiger partial charge in [0, 0.05) is 10.0 Å². The van der Waals surface area contributed by atoms with Gasteiger partial charge in [0.2, 0.25) is 0 Å². The monoisotopic (exact) mass is 307 g/mol. The van der Waals surface area contributed by atoms with E-state index in [2.05, 4.69) is 20.7 Å². The van der Waals surface area contributed by atoms with E-state index in [1.165, 1.54) is 7.11 Å². The summed E-state index contributed by atoms with van der Waals surface area (Å²) in [7, 11) is 1.36. The molecule has 0 aliphatic rings. The number of carbonyl (C=O) groups excluding carboxylic acids is 1. The van der Waals surface area contributed by atoms with E-state index in [-0.39, 0.29) is 24.8 Å². The minimum Gasteiger partial charge on any atom is -0.469 e. The lowest BCUT2D eigenvalue weighted by Crippen LogP contribution is -2.35. The Bertz CT molecular complexity index is 352. The number of hydrogen-bond acceptors (Lipinski definition) is 3. The Labute approximate surface area is 110 Å². The van der Waals surface area contributed by atoms with Crippen molar-refractivity contribution < 1.29 is 9.53 Å². The fourth-order valence-electron chi connectivity index (χ4n) is 1.30. The van der Waals surface area contributed by atoms with Crippen LogP contribution < -0.4 is 5.73 Å². The molecule has 16 heavy (non-hydrogen) atoms. The van der Waals surface area contributed by atoms with Gasteiger partial charge in [0.15, 0.2) is 0 Å². The zero-order chi connectivity index (χ0) is 11.5. The van der Waals surface area contributed by atoms with E-state index < -0.39 is 5.54 Å². The first-order valence-corrected chi connectivity index (χ1v) is 5.37. The van der Waals surface area contributed by atoms with E-state index in [0.29, 0.717) is 0 Å². The van der Waals surface area contributed by atoms with Crippen molar-refractivity contribution >= 4 is 34.3 Å². The lowest BCUT2D eigenvalue weighted by Gasteiger charge is -2.23. The Balaban J connectivity index is 0.00000225. The molecule has 1 unspecified atom stereocenters. The van der Waals surface area contributed by atoms with Gasteiger partial charge in [-0.15, -0.1) is 12.4 Å². The average Bonchev–Trinajstić information content (AvgIpc) is 2.17. The minimum absolute atomic E-state index is 0. The van der Waals surface area contributed by atoms with Crippen molar-refractivity contribution in [2.45, 2.75) is 18.9 Å². The topological polar surface area (TPSA) is 52.3 Å². The number of halogens is 2. The van der Waals surface area contributed by atoms with E-state index in [1.54, 1.807) is 0 Å². The van der Waals surface area contributed by atoms with E-state index in [1.807, 2.05) is 31.2 Å². The molecular weight excluding hydrogens is 293 g/mol. The first-order valence-electron chi connectivity index (χ1n) is 4.57. The number of carbonyl (C=O) groups is 1. The maximum atomic E-state index is 11.2. The Morgan fingerprint density at radius 2 is 1.94 bits per heavy atom. The number of ether oxygens (including phenoxy) is 1. The van der Waals surface area contributed by atoms with Crippen molar-refractivity contribution in [1.82, 2.24) is 0 Å². The van der Waals surface area contributed by atoms with Gasteiger partial charge in [0.05, 0.1) is 13.5 Å². The van der Waals surface area contributed by atoms with Gasteiger partial charge in [-0.3, -0.25) is 4.79 Å². The number of nitrogens with two attached hydrogens (primary N) is 1. The van der Waals surface area contributed by atoms with E-state index in [4.69, 9.17) is 5.73 Å². The maximum Gasteiger partial charge on any atom is 0.307 e. The molecule has 0 heterocycles. The highest BCUT2D eigenvalue weighted by Gasteiger charge is 2.25. The van der Waals surface area contributed by atoms with E-state index in [0.717, 1.165) is 10.0 Å². The fraction of sp³-hybridized carbons (Fsp3) is 0.364. The second kappa shape index (κ2) is 6.23. The molecule has 3 nitrogen and oxygen atoms in total. The molecular formula is C11H15BrClNO2. The molecule has 0 aromatic heterocycles. The molecule has 1 rings (SSSR count). The third-order valence-corrected chi connectivity index (χ3v) is 2.77. The number of methoxy groups -OCH3 is 1. The van der Waals surface area contributed by atoms with Crippen molar-refractivity contribution in [2.75, 3.05) is 7.11 Å². The number of rotatable bonds is 3. The van der Waals surface area contributed by atoms with Crippen molar-refractivity contribution in [3.8, 4) is 0 Å². The van der Waals surface area contributed by atoms with Crippen LogP contribution in [0.15, 0.2) is 28.7 Å². The van der Waals surface area contributed by atoms with Crippen LogP contribution in [0.2, 0.25) is 0 Å². The third-order valence-electron chi connectivity index (χ3n) is 2.24. The summed E-state index contributed by atoms with van der Waals surface area (Å²) in [6.45, 7) is 1.81. The van der Waals surface area contributed by atoms with Gasteiger partial charge in [0.1, 0.15) is 0 Å². The van der Waals surface area contributed by atoms with Crippen LogP contribution in [0.3, 0.4) is 0 Å². The lowest BCUT2D eigenvalue weighted by molar-refractivity contribution is -0.141. The van der Waals surface area contributed by atoms with Gasteiger partial charge in [-0.05, 0) is 24.6 Å². The normalized spacial score (nSPS) is 13.5. The van der Waals surface area contributed by atoms with E-state index in [9.17, 15) is 4.79 Å². The third kappa shape index (κ3) is 4.12. The van der Waals surface area contributed by atoms with Gasteiger partial charge in [-0.1, -0.05) is 28.1 Å². The quantitative estimate of drug-likeness (QED) is 0.873. The predicted molar refractivity (Wildman–Crippen MR) is 69.6 cm³/mol. The maximum absolute atomic E-state index is 11.2. The van der Waals surface area contributed by atoms with Gasteiger partial charge >= 0.3 is 5.97 Å². The molecule has 0 radical (unpaired) electrons. The van der Waals surface area contributed by atoms with Gasteiger partial charge < -0.3 is 10.5 Å². The van der Waals surface area contributed by atoms with Crippen LogP contribution in [0.4, 0.5) is 0 Å². The summed E-state index contributed by atoms with van der Waals surface area (Å²) in [5, 5.41) is 0. The first kappa shape index (κ1) is 15.4. The lowest BCUT2D eigenvalue weighted by atomic mass is 9.90. The molecule has 2 N–H and O–H groups in total. The number of benzene rings is 1. The van der Waals surface area contributed by atoms with Crippen LogP contribution in [-0.4, -0.2) is 13.1 Å². The van der Waals surface area contributed by atoms with Gasteiger partial charge in [-0.2, -0.15) is 0 Å². The highest BCUT2D eigenvalue weighted by atomic mass is 79.9. The van der Waals surface area contributed by atoms with Crippen LogP contribution >= 0.6 is 28.3 Å². The molecule has 0 fully saturated rings. The molecule has 0 aliphatic carbocycles. The molecule has 1 aromatic rings. The largest absolute Gasteiger partial charge is 0.469 e. The number of esters is 1. The minimum atomic E-state index is -0.687.